The van der Waals surface area contributed by atoms with Gasteiger partial charge in [0.25, 0.3) is 0 Å². The normalized spacial score (nSPS) is 19.4. The fourth-order valence-electron chi connectivity index (χ4n) is 3.05. The monoisotopic (exact) mass is 292 g/mol. The molecule has 3 rings (SSSR count). The number of hydrogen-bond acceptors (Lipinski definition) is 4. The van der Waals surface area contributed by atoms with E-state index >= 15 is 0 Å². The van der Waals surface area contributed by atoms with Crippen molar-refractivity contribution >= 4 is 23.4 Å². The Labute approximate surface area is 123 Å². The Morgan fingerprint density at radius 1 is 1.35 bits per heavy atom. The number of aromatic amines is 1. The van der Waals surface area contributed by atoms with Crippen LogP contribution in [0.5, 0.6) is 5.88 Å². The standard InChI is InChI=1S/C14H20N4OS/c1-14(2)6-4-9(5-7-14)18-11-10(17-13(18)20)12(19-3)16-8-15-11/h8-9H,4-7H2,1-3H3,(H,17,20). The Kier molecular flexibility index (Phi) is 3.28. The molecule has 0 unspecified atom stereocenters. The van der Waals surface area contributed by atoms with E-state index in [0.717, 1.165) is 24.0 Å². The van der Waals surface area contributed by atoms with Crippen molar-refractivity contribution in [2.24, 2.45) is 5.41 Å². The molecule has 1 N–H and O–H groups in total. The van der Waals surface area contributed by atoms with E-state index in [1.807, 2.05) is 0 Å². The number of H-pyrrole nitrogens is 1. The van der Waals surface area contributed by atoms with Crippen LogP contribution >= 0.6 is 12.2 Å². The van der Waals surface area contributed by atoms with Crippen LogP contribution in [-0.4, -0.2) is 26.6 Å². The van der Waals surface area contributed by atoms with E-state index in [9.17, 15) is 0 Å². The van der Waals surface area contributed by atoms with Crippen LogP contribution in [0.25, 0.3) is 11.2 Å². The minimum absolute atomic E-state index is 0.420. The number of fused-ring (bicyclic) bond motifs is 1. The lowest BCUT2D eigenvalue weighted by Gasteiger charge is -2.34. The van der Waals surface area contributed by atoms with Gasteiger partial charge in [0.2, 0.25) is 5.88 Å². The third-order valence-corrected chi connectivity index (χ3v) is 4.64. The Balaban J connectivity index is 2.04. The quantitative estimate of drug-likeness (QED) is 0.859. The van der Waals surface area contributed by atoms with Crippen molar-refractivity contribution < 1.29 is 4.74 Å². The Morgan fingerprint density at radius 3 is 2.70 bits per heavy atom. The number of nitrogens with one attached hydrogen (secondary N) is 1. The molecular weight excluding hydrogens is 272 g/mol. The minimum atomic E-state index is 0.420. The fourth-order valence-corrected chi connectivity index (χ4v) is 3.39. The first-order valence-electron chi connectivity index (χ1n) is 7.01. The zero-order valence-corrected chi connectivity index (χ0v) is 13.0. The summed E-state index contributed by atoms with van der Waals surface area (Å²) in [6.07, 6.45) is 6.25. The van der Waals surface area contributed by atoms with Gasteiger partial charge < -0.3 is 9.72 Å². The van der Waals surface area contributed by atoms with Gasteiger partial charge in [-0.1, -0.05) is 13.8 Å². The number of rotatable bonds is 2. The van der Waals surface area contributed by atoms with Gasteiger partial charge in [-0.05, 0) is 43.3 Å². The van der Waals surface area contributed by atoms with E-state index in [1.165, 1.54) is 19.2 Å². The molecule has 2 aromatic rings. The SMILES string of the molecule is COc1ncnc2c1[nH]c(=S)n2C1CCC(C)(C)CC1. The molecule has 0 bridgehead atoms. The van der Waals surface area contributed by atoms with Crippen LogP contribution in [0.1, 0.15) is 45.6 Å². The summed E-state index contributed by atoms with van der Waals surface area (Å²) in [5.74, 6) is 0.552. The largest absolute Gasteiger partial charge is 0.479 e. The topological polar surface area (TPSA) is 55.7 Å². The average Bonchev–Trinajstić information content (AvgIpc) is 2.75. The molecular formula is C14H20N4OS. The highest BCUT2D eigenvalue weighted by atomic mass is 32.1. The van der Waals surface area contributed by atoms with E-state index in [-0.39, 0.29) is 0 Å². The third kappa shape index (κ3) is 2.22. The van der Waals surface area contributed by atoms with Crippen LogP contribution < -0.4 is 4.74 Å². The van der Waals surface area contributed by atoms with Crippen molar-refractivity contribution in [1.29, 1.82) is 0 Å². The zero-order valence-electron chi connectivity index (χ0n) is 12.1. The number of methoxy groups -OCH3 is 1. The third-order valence-electron chi connectivity index (χ3n) is 4.34. The molecule has 2 heterocycles. The lowest BCUT2D eigenvalue weighted by atomic mass is 9.75. The van der Waals surface area contributed by atoms with Crippen LogP contribution in [0.4, 0.5) is 0 Å². The second-order valence-corrected chi connectivity index (χ2v) is 6.66. The summed E-state index contributed by atoms with van der Waals surface area (Å²) in [7, 11) is 1.61. The van der Waals surface area contributed by atoms with Gasteiger partial charge in [-0.2, -0.15) is 4.98 Å². The lowest BCUT2D eigenvalue weighted by molar-refractivity contribution is 0.194. The molecule has 0 amide bonds. The van der Waals surface area contributed by atoms with Crippen molar-refractivity contribution in [3.63, 3.8) is 0 Å². The first-order chi connectivity index (χ1) is 9.52. The van der Waals surface area contributed by atoms with E-state index in [2.05, 4.69) is 33.4 Å². The van der Waals surface area contributed by atoms with Crippen molar-refractivity contribution in [1.82, 2.24) is 19.5 Å². The van der Waals surface area contributed by atoms with Gasteiger partial charge in [0.05, 0.1) is 7.11 Å². The van der Waals surface area contributed by atoms with Crippen molar-refractivity contribution in [3.05, 3.63) is 11.1 Å². The van der Waals surface area contributed by atoms with E-state index in [0.29, 0.717) is 22.1 Å². The molecule has 108 valence electrons. The molecule has 5 nitrogen and oxygen atoms in total. The molecule has 1 aliphatic rings. The van der Waals surface area contributed by atoms with Gasteiger partial charge in [-0.3, -0.25) is 4.57 Å². The molecule has 6 heteroatoms. The summed E-state index contributed by atoms with van der Waals surface area (Å²) < 4.78 is 8.13. The fraction of sp³-hybridized carbons (Fsp3) is 0.643. The molecule has 0 saturated heterocycles. The zero-order chi connectivity index (χ0) is 14.3. The van der Waals surface area contributed by atoms with Crippen molar-refractivity contribution in [3.8, 4) is 5.88 Å². The van der Waals surface area contributed by atoms with Gasteiger partial charge in [0.1, 0.15) is 11.8 Å². The molecule has 0 radical (unpaired) electrons. The number of nitrogens with zero attached hydrogens (tertiary/aromatic N) is 3. The van der Waals surface area contributed by atoms with E-state index in [1.54, 1.807) is 7.11 Å². The second-order valence-electron chi connectivity index (χ2n) is 6.28. The summed E-state index contributed by atoms with van der Waals surface area (Å²) in [5.41, 5.74) is 2.09. The second kappa shape index (κ2) is 4.84. The van der Waals surface area contributed by atoms with Crippen molar-refractivity contribution in [2.45, 2.75) is 45.6 Å². The summed E-state index contributed by atoms with van der Waals surface area (Å²) >= 11 is 5.48. The highest BCUT2D eigenvalue weighted by molar-refractivity contribution is 7.71. The Hall–Kier alpha value is -1.43. The van der Waals surface area contributed by atoms with Crippen LogP contribution in [0.15, 0.2) is 6.33 Å². The molecule has 0 aliphatic heterocycles. The number of imidazole rings is 1. The summed E-state index contributed by atoms with van der Waals surface area (Å²) in [6.45, 7) is 4.67. The molecule has 0 spiro atoms. The molecule has 20 heavy (non-hydrogen) atoms. The minimum Gasteiger partial charge on any atom is -0.479 e. The van der Waals surface area contributed by atoms with Gasteiger partial charge in [0.15, 0.2) is 10.4 Å². The molecule has 2 aromatic heterocycles. The highest BCUT2D eigenvalue weighted by Gasteiger charge is 2.29. The molecule has 1 saturated carbocycles. The molecule has 0 atom stereocenters. The number of hydrogen-bond donors (Lipinski definition) is 1. The Bertz CT molecular complexity index is 678. The summed E-state index contributed by atoms with van der Waals surface area (Å²) in [4.78, 5) is 11.7. The van der Waals surface area contributed by atoms with Gasteiger partial charge in [-0.25, -0.2) is 4.98 Å². The predicted octanol–water partition coefficient (Wildman–Crippen LogP) is 3.64. The first kappa shape index (κ1) is 13.5. The maximum atomic E-state index is 5.48. The van der Waals surface area contributed by atoms with Gasteiger partial charge in [-0.15, -0.1) is 0 Å². The predicted molar refractivity (Wildman–Crippen MR) is 80.6 cm³/mol. The smallest absolute Gasteiger partial charge is 0.242 e. The van der Waals surface area contributed by atoms with Crippen molar-refractivity contribution in [2.75, 3.05) is 7.11 Å². The van der Waals surface area contributed by atoms with E-state index in [4.69, 9.17) is 17.0 Å². The molecule has 1 fully saturated rings. The van der Waals surface area contributed by atoms with Crippen LogP contribution in [0.3, 0.4) is 0 Å². The summed E-state index contributed by atoms with van der Waals surface area (Å²) in [6, 6.07) is 0.420. The molecule has 1 aliphatic carbocycles. The van der Waals surface area contributed by atoms with Crippen LogP contribution in [0, 0.1) is 10.2 Å². The molecule has 0 aromatic carbocycles. The van der Waals surface area contributed by atoms with Gasteiger partial charge >= 0.3 is 0 Å². The lowest BCUT2D eigenvalue weighted by Crippen LogP contribution is -2.23. The Morgan fingerprint density at radius 2 is 2.05 bits per heavy atom. The number of aromatic nitrogens is 4. The van der Waals surface area contributed by atoms with Gasteiger partial charge in [0, 0.05) is 6.04 Å². The maximum Gasteiger partial charge on any atom is 0.242 e. The average molecular weight is 292 g/mol. The first-order valence-corrected chi connectivity index (χ1v) is 7.42. The van der Waals surface area contributed by atoms with Crippen LogP contribution in [-0.2, 0) is 0 Å². The van der Waals surface area contributed by atoms with E-state index < -0.39 is 0 Å². The maximum absolute atomic E-state index is 5.48. The van der Waals surface area contributed by atoms with Crippen LogP contribution in [0.2, 0.25) is 0 Å². The summed E-state index contributed by atoms with van der Waals surface area (Å²) in [5, 5.41) is 0. The number of ether oxygens (including phenoxy) is 1. The highest BCUT2D eigenvalue weighted by Crippen LogP contribution is 2.41.